The van der Waals surface area contributed by atoms with E-state index in [-0.39, 0.29) is 12.7 Å². The summed E-state index contributed by atoms with van der Waals surface area (Å²) in [6, 6.07) is 12.7. The molecule has 2 rings (SSSR count). The largest absolute Gasteiger partial charge is 0.475 e. The Morgan fingerprint density at radius 3 is 2.41 bits per heavy atom. The van der Waals surface area contributed by atoms with Crippen LogP contribution in [0.1, 0.15) is 33.3 Å². The van der Waals surface area contributed by atoms with Gasteiger partial charge in [0.05, 0.1) is 18.0 Å². The summed E-state index contributed by atoms with van der Waals surface area (Å²) in [5.74, 6) is 0.0864. The number of amides is 2. The van der Waals surface area contributed by atoms with Crippen LogP contribution in [0.3, 0.4) is 0 Å². The van der Waals surface area contributed by atoms with E-state index in [1.807, 2.05) is 44.2 Å². The van der Waals surface area contributed by atoms with E-state index in [0.29, 0.717) is 11.6 Å². The summed E-state index contributed by atoms with van der Waals surface area (Å²) >= 11 is 0. The molecule has 1 aromatic heterocycles. The number of pyridine rings is 1. The molecule has 0 fully saturated rings. The second kappa shape index (κ2) is 9.02. The Bertz CT molecular complexity index is 759. The zero-order valence-corrected chi connectivity index (χ0v) is 16.0. The maximum atomic E-state index is 12.5. The van der Waals surface area contributed by atoms with Crippen molar-refractivity contribution in [2.24, 2.45) is 0 Å². The van der Waals surface area contributed by atoms with Crippen LogP contribution < -0.4 is 15.4 Å². The zero-order valence-electron chi connectivity index (χ0n) is 16.0. The molecule has 27 heavy (non-hydrogen) atoms. The van der Waals surface area contributed by atoms with Crippen LogP contribution in [0, 0.1) is 0 Å². The summed E-state index contributed by atoms with van der Waals surface area (Å²) in [5.41, 5.74) is 0.203. The maximum Gasteiger partial charge on any atom is 0.408 e. The fourth-order valence-electron chi connectivity index (χ4n) is 2.12. The Labute approximate surface area is 159 Å². The second-order valence-corrected chi connectivity index (χ2v) is 6.82. The monoisotopic (exact) mass is 371 g/mol. The summed E-state index contributed by atoms with van der Waals surface area (Å²) in [4.78, 5) is 28.6. The molecular formula is C20H25N3O4. The van der Waals surface area contributed by atoms with E-state index in [4.69, 9.17) is 9.47 Å². The molecular weight excluding hydrogens is 346 g/mol. The van der Waals surface area contributed by atoms with Crippen LogP contribution in [0.15, 0.2) is 48.7 Å². The number of rotatable bonds is 7. The number of nitrogens with one attached hydrogen (secondary N) is 2. The lowest BCUT2D eigenvalue weighted by atomic mass is 10.1. The fourth-order valence-corrected chi connectivity index (χ4v) is 2.12. The average Bonchev–Trinajstić information content (AvgIpc) is 2.61. The lowest BCUT2D eigenvalue weighted by molar-refractivity contribution is -0.121. The Morgan fingerprint density at radius 1 is 1.11 bits per heavy atom. The highest BCUT2D eigenvalue weighted by molar-refractivity contribution is 5.99. The first-order chi connectivity index (χ1) is 12.8. The highest BCUT2D eigenvalue weighted by Crippen LogP contribution is 2.15. The van der Waals surface area contributed by atoms with E-state index in [2.05, 4.69) is 15.6 Å². The molecule has 0 spiro atoms. The summed E-state index contributed by atoms with van der Waals surface area (Å²) in [5, 5.41) is 5.28. The van der Waals surface area contributed by atoms with Crippen LogP contribution in [0.25, 0.3) is 0 Å². The van der Waals surface area contributed by atoms with Gasteiger partial charge in [0.25, 0.3) is 0 Å². The van der Waals surface area contributed by atoms with E-state index in [1.165, 1.54) is 6.20 Å². The molecule has 7 nitrogen and oxygen atoms in total. The molecule has 2 N–H and O–H groups in total. The Morgan fingerprint density at radius 2 is 1.81 bits per heavy atom. The molecule has 0 radical (unpaired) electrons. The van der Waals surface area contributed by atoms with Crippen molar-refractivity contribution < 1.29 is 19.1 Å². The van der Waals surface area contributed by atoms with E-state index < -0.39 is 17.5 Å². The molecule has 0 aliphatic heterocycles. The van der Waals surface area contributed by atoms with Gasteiger partial charge in [0, 0.05) is 6.07 Å². The summed E-state index contributed by atoms with van der Waals surface area (Å²) in [7, 11) is 0. The van der Waals surface area contributed by atoms with Crippen LogP contribution >= 0.6 is 0 Å². The summed E-state index contributed by atoms with van der Waals surface area (Å²) in [6.07, 6.45) is 0.847. The van der Waals surface area contributed by atoms with E-state index in [0.717, 1.165) is 5.56 Å². The summed E-state index contributed by atoms with van der Waals surface area (Å²) in [6.45, 7) is 7.13. The van der Waals surface area contributed by atoms with E-state index >= 15 is 0 Å². The minimum atomic E-state index is -1.17. The minimum Gasteiger partial charge on any atom is -0.475 e. The van der Waals surface area contributed by atoms with Crippen molar-refractivity contribution in [1.82, 2.24) is 10.3 Å². The number of benzene rings is 1. The van der Waals surface area contributed by atoms with Crippen LogP contribution in [-0.4, -0.2) is 28.6 Å². The number of anilines is 1. The highest BCUT2D eigenvalue weighted by atomic mass is 16.5. The van der Waals surface area contributed by atoms with Gasteiger partial charge < -0.3 is 20.1 Å². The molecule has 2 aromatic rings. The molecule has 0 aliphatic carbocycles. The number of carbonyl (C=O) groups is 2. The number of nitrogens with zero attached hydrogens (tertiary/aromatic N) is 1. The van der Waals surface area contributed by atoms with Gasteiger partial charge in [-0.05, 0) is 39.3 Å². The van der Waals surface area contributed by atoms with Crippen LogP contribution in [0.5, 0.6) is 5.88 Å². The number of alkyl carbamates (subject to hydrolysis) is 1. The van der Waals surface area contributed by atoms with Crippen molar-refractivity contribution in [3.05, 3.63) is 54.2 Å². The standard InChI is InChI=1S/C20H25N3O4/c1-14(2)27-17-11-10-16(12-21-17)22-18(24)20(3,4)23-19(25)26-13-15-8-6-5-7-9-15/h5-12,14H,13H2,1-4H3,(H,22,24)(H,23,25). The first kappa shape index (κ1) is 20.2. The van der Waals surface area contributed by atoms with Crippen molar-refractivity contribution in [3.8, 4) is 5.88 Å². The predicted octanol–water partition coefficient (Wildman–Crippen LogP) is 3.51. The van der Waals surface area contributed by atoms with Crippen molar-refractivity contribution in [2.75, 3.05) is 5.32 Å². The molecule has 0 unspecified atom stereocenters. The molecule has 0 atom stereocenters. The van der Waals surface area contributed by atoms with Crippen LogP contribution in [-0.2, 0) is 16.1 Å². The number of hydrogen-bond acceptors (Lipinski definition) is 5. The van der Waals surface area contributed by atoms with Crippen molar-refractivity contribution in [2.45, 2.75) is 45.9 Å². The third kappa shape index (κ3) is 6.62. The SMILES string of the molecule is CC(C)Oc1ccc(NC(=O)C(C)(C)NC(=O)OCc2ccccc2)cn1. The maximum absolute atomic E-state index is 12.5. The molecule has 7 heteroatoms. The zero-order chi connectivity index (χ0) is 19.9. The van der Waals surface area contributed by atoms with Gasteiger partial charge in [-0.2, -0.15) is 0 Å². The lowest BCUT2D eigenvalue weighted by Gasteiger charge is -2.24. The van der Waals surface area contributed by atoms with Crippen molar-refractivity contribution >= 4 is 17.7 Å². The Hall–Kier alpha value is -3.09. The van der Waals surface area contributed by atoms with Gasteiger partial charge in [-0.15, -0.1) is 0 Å². The third-order valence-electron chi connectivity index (χ3n) is 3.55. The first-order valence-electron chi connectivity index (χ1n) is 8.69. The van der Waals surface area contributed by atoms with Gasteiger partial charge in [0.2, 0.25) is 11.8 Å². The first-order valence-corrected chi connectivity index (χ1v) is 8.69. The molecule has 0 saturated carbocycles. The minimum absolute atomic E-state index is 0.0166. The molecule has 1 heterocycles. The number of carbonyl (C=O) groups excluding carboxylic acids is 2. The Balaban J connectivity index is 1.87. The van der Waals surface area contributed by atoms with E-state index in [9.17, 15) is 9.59 Å². The van der Waals surface area contributed by atoms with Crippen LogP contribution in [0.2, 0.25) is 0 Å². The van der Waals surface area contributed by atoms with Crippen molar-refractivity contribution in [3.63, 3.8) is 0 Å². The quantitative estimate of drug-likeness (QED) is 0.777. The molecule has 0 bridgehead atoms. The van der Waals surface area contributed by atoms with Gasteiger partial charge in [-0.1, -0.05) is 30.3 Å². The molecule has 1 aromatic carbocycles. The third-order valence-corrected chi connectivity index (χ3v) is 3.55. The summed E-state index contributed by atoms with van der Waals surface area (Å²) < 4.78 is 10.6. The van der Waals surface area contributed by atoms with Gasteiger partial charge in [-0.25, -0.2) is 9.78 Å². The number of ether oxygens (including phenoxy) is 2. The van der Waals surface area contributed by atoms with Gasteiger partial charge in [0.15, 0.2) is 0 Å². The van der Waals surface area contributed by atoms with Gasteiger partial charge in [0.1, 0.15) is 12.1 Å². The molecule has 144 valence electrons. The molecule has 2 amide bonds. The predicted molar refractivity (Wildman–Crippen MR) is 102 cm³/mol. The number of hydrogen-bond donors (Lipinski definition) is 2. The van der Waals surface area contributed by atoms with E-state index in [1.54, 1.807) is 26.0 Å². The Kier molecular flexibility index (Phi) is 6.76. The molecule has 0 saturated heterocycles. The lowest BCUT2D eigenvalue weighted by Crippen LogP contribution is -2.52. The average molecular weight is 371 g/mol. The highest BCUT2D eigenvalue weighted by Gasteiger charge is 2.30. The second-order valence-electron chi connectivity index (χ2n) is 6.82. The molecule has 0 aliphatic rings. The normalized spacial score (nSPS) is 11.0. The number of aromatic nitrogens is 1. The van der Waals surface area contributed by atoms with Gasteiger partial charge in [-0.3, -0.25) is 4.79 Å². The smallest absolute Gasteiger partial charge is 0.408 e. The van der Waals surface area contributed by atoms with Crippen LogP contribution in [0.4, 0.5) is 10.5 Å². The fraction of sp³-hybridized carbons (Fsp3) is 0.350. The van der Waals surface area contributed by atoms with Crippen molar-refractivity contribution in [1.29, 1.82) is 0 Å². The topological polar surface area (TPSA) is 89.6 Å². The van der Waals surface area contributed by atoms with Gasteiger partial charge >= 0.3 is 6.09 Å².